The average molecular weight is 226 g/mol. The van der Waals surface area contributed by atoms with Gasteiger partial charge >= 0.3 is 0 Å². The van der Waals surface area contributed by atoms with Crippen LogP contribution in [0.5, 0.6) is 0 Å². The first-order chi connectivity index (χ1) is 7.36. The van der Waals surface area contributed by atoms with Crippen molar-refractivity contribution in [1.82, 2.24) is 10.2 Å². The highest BCUT2D eigenvalue weighted by molar-refractivity contribution is 8.00. The second kappa shape index (κ2) is 3.98. The lowest BCUT2D eigenvalue weighted by molar-refractivity contribution is -0.131. The van der Waals surface area contributed by atoms with Crippen LogP contribution >= 0.6 is 11.8 Å². The zero-order chi connectivity index (χ0) is 10.3. The van der Waals surface area contributed by atoms with Crippen molar-refractivity contribution in [1.29, 1.82) is 0 Å². The van der Waals surface area contributed by atoms with Crippen molar-refractivity contribution in [2.75, 3.05) is 25.4 Å². The molecule has 3 nitrogen and oxygen atoms in total. The van der Waals surface area contributed by atoms with Gasteiger partial charge in [0, 0.05) is 25.7 Å². The van der Waals surface area contributed by atoms with Crippen LogP contribution in [0.25, 0.3) is 0 Å². The summed E-state index contributed by atoms with van der Waals surface area (Å²) in [6, 6.07) is 0.513. The molecule has 3 fully saturated rings. The molecule has 0 bridgehead atoms. The molecule has 0 saturated carbocycles. The van der Waals surface area contributed by atoms with E-state index in [1.165, 1.54) is 18.6 Å². The minimum absolute atomic E-state index is 0.282. The first-order valence-electron chi connectivity index (χ1n) is 5.99. The van der Waals surface area contributed by atoms with E-state index >= 15 is 0 Å². The molecule has 3 saturated heterocycles. The zero-order valence-corrected chi connectivity index (χ0v) is 9.76. The van der Waals surface area contributed by atoms with Crippen molar-refractivity contribution < 1.29 is 4.79 Å². The summed E-state index contributed by atoms with van der Waals surface area (Å²) in [5.41, 5.74) is 0. The number of hydrogen-bond donors (Lipinski definition) is 1. The lowest BCUT2D eigenvalue weighted by Crippen LogP contribution is -2.43. The summed E-state index contributed by atoms with van der Waals surface area (Å²) in [6.07, 6.45) is 3.53. The van der Waals surface area contributed by atoms with E-state index in [4.69, 9.17) is 0 Å². The fraction of sp³-hybridized carbons (Fsp3) is 0.909. The van der Waals surface area contributed by atoms with E-state index in [1.54, 1.807) is 0 Å². The SMILES string of the molecule is O=C(C1CCCS1)N1CC[C@H]2CNC[C@H]21. The summed E-state index contributed by atoms with van der Waals surface area (Å²) >= 11 is 1.86. The number of carbonyl (C=O) groups excluding carboxylic acids is 1. The van der Waals surface area contributed by atoms with Crippen LogP contribution in [0.4, 0.5) is 0 Å². The Morgan fingerprint density at radius 3 is 3.07 bits per heavy atom. The quantitative estimate of drug-likeness (QED) is 0.714. The smallest absolute Gasteiger partial charge is 0.235 e. The van der Waals surface area contributed by atoms with Crippen molar-refractivity contribution in [2.24, 2.45) is 5.92 Å². The third kappa shape index (κ3) is 1.68. The average Bonchev–Trinajstić information content (AvgIpc) is 2.94. The Labute approximate surface area is 95.0 Å². The Morgan fingerprint density at radius 1 is 1.33 bits per heavy atom. The maximum Gasteiger partial charge on any atom is 0.235 e. The fourth-order valence-corrected chi connectivity index (χ4v) is 4.31. The number of likely N-dealkylation sites (tertiary alicyclic amines) is 1. The molecule has 0 radical (unpaired) electrons. The monoisotopic (exact) mass is 226 g/mol. The Hall–Kier alpha value is -0.220. The minimum atomic E-state index is 0.282. The molecule has 84 valence electrons. The topological polar surface area (TPSA) is 32.3 Å². The van der Waals surface area contributed by atoms with E-state index in [0.29, 0.717) is 11.9 Å². The Bertz CT molecular complexity index is 265. The van der Waals surface area contributed by atoms with Gasteiger partial charge in [-0.05, 0) is 30.9 Å². The highest BCUT2D eigenvalue weighted by Gasteiger charge is 2.42. The third-order valence-electron chi connectivity index (χ3n) is 3.93. The first-order valence-corrected chi connectivity index (χ1v) is 7.04. The highest BCUT2D eigenvalue weighted by Crippen LogP contribution is 2.33. The minimum Gasteiger partial charge on any atom is -0.337 e. The number of amides is 1. The van der Waals surface area contributed by atoms with Crippen LogP contribution in [-0.2, 0) is 4.79 Å². The van der Waals surface area contributed by atoms with Crippen molar-refractivity contribution in [2.45, 2.75) is 30.6 Å². The lowest BCUT2D eigenvalue weighted by atomic mass is 10.1. The van der Waals surface area contributed by atoms with E-state index in [-0.39, 0.29) is 5.25 Å². The van der Waals surface area contributed by atoms with Crippen molar-refractivity contribution in [3.8, 4) is 0 Å². The normalized spacial score (nSPS) is 39.7. The van der Waals surface area contributed by atoms with Crippen LogP contribution < -0.4 is 5.32 Å². The molecule has 1 amide bonds. The molecule has 4 heteroatoms. The molecule has 3 rings (SSSR count). The molecule has 1 unspecified atom stereocenters. The molecule has 0 aliphatic carbocycles. The van der Waals surface area contributed by atoms with E-state index in [1.807, 2.05) is 11.8 Å². The third-order valence-corrected chi connectivity index (χ3v) is 5.30. The fourth-order valence-electron chi connectivity index (χ4n) is 3.08. The summed E-state index contributed by atoms with van der Waals surface area (Å²) in [5, 5.41) is 3.68. The molecule has 0 aromatic heterocycles. The lowest BCUT2D eigenvalue weighted by Gasteiger charge is -2.25. The molecule has 3 heterocycles. The predicted octanol–water partition coefficient (Wildman–Crippen LogP) is 0.702. The molecule has 0 spiro atoms. The molecule has 1 N–H and O–H groups in total. The van der Waals surface area contributed by atoms with Crippen molar-refractivity contribution >= 4 is 17.7 Å². The number of hydrogen-bond acceptors (Lipinski definition) is 3. The summed E-state index contributed by atoms with van der Waals surface area (Å²) in [7, 11) is 0. The van der Waals surface area contributed by atoms with Gasteiger partial charge in [-0.2, -0.15) is 0 Å². The molecule has 3 aliphatic rings. The van der Waals surface area contributed by atoms with Gasteiger partial charge in [-0.1, -0.05) is 0 Å². The summed E-state index contributed by atoms with van der Waals surface area (Å²) in [6.45, 7) is 3.15. The van der Waals surface area contributed by atoms with Crippen LogP contribution in [0.15, 0.2) is 0 Å². The maximum absolute atomic E-state index is 12.3. The maximum atomic E-state index is 12.3. The van der Waals surface area contributed by atoms with Crippen LogP contribution in [0.3, 0.4) is 0 Å². The van der Waals surface area contributed by atoms with Gasteiger partial charge in [0.05, 0.1) is 5.25 Å². The first kappa shape index (κ1) is 9.97. The van der Waals surface area contributed by atoms with Crippen molar-refractivity contribution in [3.05, 3.63) is 0 Å². The number of fused-ring (bicyclic) bond motifs is 1. The van der Waals surface area contributed by atoms with Gasteiger partial charge in [-0.15, -0.1) is 11.8 Å². The molecule has 0 aromatic rings. The van der Waals surface area contributed by atoms with Crippen LogP contribution in [0, 0.1) is 5.92 Å². The Morgan fingerprint density at radius 2 is 2.27 bits per heavy atom. The van der Waals surface area contributed by atoms with Gasteiger partial charge < -0.3 is 10.2 Å². The second-order valence-electron chi connectivity index (χ2n) is 4.81. The van der Waals surface area contributed by atoms with Crippen LogP contribution in [-0.4, -0.2) is 47.5 Å². The van der Waals surface area contributed by atoms with Gasteiger partial charge in [0.2, 0.25) is 5.91 Å². The Kier molecular flexibility index (Phi) is 2.64. The van der Waals surface area contributed by atoms with E-state index < -0.39 is 0 Å². The van der Waals surface area contributed by atoms with E-state index in [9.17, 15) is 4.79 Å². The van der Waals surface area contributed by atoms with Gasteiger partial charge in [0.25, 0.3) is 0 Å². The summed E-state index contributed by atoms with van der Waals surface area (Å²) in [4.78, 5) is 14.4. The van der Waals surface area contributed by atoms with Crippen molar-refractivity contribution in [3.63, 3.8) is 0 Å². The summed E-state index contributed by atoms with van der Waals surface area (Å²) in [5.74, 6) is 2.34. The number of carbonyl (C=O) groups is 1. The number of nitrogens with zero attached hydrogens (tertiary/aromatic N) is 1. The Balaban J connectivity index is 1.68. The molecule has 3 atom stereocenters. The molecular formula is C11H18N2OS. The second-order valence-corrected chi connectivity index (χ2v) is 6.12. The highest BCUT2D eigenvalue weighted by atomic mass is 32.2. The number of thioether (sulfide) groups is 1. The predicted molar refractivity (Wildman–Crippen MR) is 62.0 cm³/mol. The standard InChI is InChI=1S/C11H18N2OS/c14-11(10-2-1-5-15-10)13-4-3-8-6-12-7-9(8)13/h8-10,12H,1-7H2/t8-,9+,10?/m0/s1. The van der Waals surface area contributed by atoms with Gasteiger partial charge in [0.15, 0.2) is 0 Å². The molecule has 15 heavy (non-hydrogen) atoms. The van der Waals surface area contributed by atoms with Gasteiger partial charge in [0.1, 0.15) is 0 Å². The molecule has 3 aliphatic heterocycles. The van der Waals surface area contributed by atoms with Gasteiger partial charge in [-0.25, -0.2) is 0 Å². The van der Waals surface area contributed by atoms with E-state index in [2.05, 4.69) is 10.2 Å². The van der Waals surface area contributed by atoms with Gasteiger partial charge in [-0.3, -0.25) is 4.79 Å². The number of rotatable bonds is 1. The molecule has 0 aromatic carbocycles. The largest absolute Gasteiger partial charge is 0.337 e. The summed E-state index contributed by atoms with van der Waals surface area (Å²) < 4.78 is 0. The van der Waals surface area contributed by atoms with Crippen LogP contribution in [0.2, 0.25) is 0 Å². The van der Waals surface area contributed by atoms with Crippen LogP contribution in [0.1, 0.15) is 19.3 Å². The number of nitrogens with one attached hydrogen (secondary N) is 1. The zero-order valence-electron chi connectivity index (χ0n) is 8.95. The molecular weight excluding hydrogens is 208 g/mol. The van der Waals surface area contributed by atoms with E-state index in [0.717, 1.165) is 32.0 Å².